The van der Waals surface area contributed by atoms with Crippen molar-refractivity contribution >= 4 is 23.3 Å². The van der Waals surface area contributed by atoms with Crippen LogP contribution >= 0.6 is 0 Å². The smallest absolute Gasteiger partial charge is 0.321 e. The van der Waals surface area contributed by atoms with Gasteiger partial charge >= 0.3 is 6.03 Å². The number of rotatable bonds is 6. The molecule has 0 radical (unpaired) electrons. The molecule has 2 aromatic carbocycles. The van der Waals surface area contributed by atoms with Gasteiger partial charge in [-0.05, 0) is 44.2 Å². The van der Waals surface area contributed by atoms with Crippen LogP contribution in [0.25, 0.3) is 5.69 Å². The molecule has 0 atom stereocenters. The number of benzene rings is 2. The van der Waals surface area contributed by atoms with Crippen LogP contribution in [0.15, 0.2) is 48.8 Å². The van der Waals surface area contributed by atoms with Crippen molar-refractivity contribution in [2.75, 3.05) is 57.1 Å². The Morgan fingerprint density at radius 3 is 2.51 bits per heavy atom. The van der Waals surface area contributed by atoms with Crippen LogP contribution in [0.2, 0.25) is 0 Å². The third-order valence-corrected chi connectivity index (χ3v) is 5.80. The number of hydrogen-bond donors (Lipinski definition) is 1. The number of amides is 3. The van der Waals surface area contributed by atoms with Gasteiger partial charge in [-0.15, -0.1) is 0 Å². The first-order chi connectivity index (χ1) is 16.9. The Morgan fingerprint density at radius 1 is 1.09 bits per heavy atom. The highest BCUT2D eigenvalue weighted by Crippen LogP contribution is 2.29. The summed E-state index contributed by atoms with van der Waals surface area (Å²) < 4.78 is 7.60. The number of carbonyl (C=O) groups excluding carboxylic acids is 2. The summed E-state index contributed by atoms with van der Waals surface area (Å²) in [6.45, 7) is 6.89. The zero-order valence-electron chi connectivity index (χ0n) is 20.6. The molecule has 1 aliphatic rings. The average molecular weight is 478 g/mol. The number of ether oxygens (including phenoxy) is 1. The molecular weight excluding hydrogens is 446 g/mol. The van der Waals surface area contributed by atoms with Gasteiger partial charge in [0.25, 0.3) is 5.91 Å². The van der Waals surface area contributed by atoms with Crippen LogP contribution < -0.4 is 15.0 Å². The van der Waals surface area contributed by atoms with Crippen LogP contribution in [0.5, 0.6) is 5.75 Å². The molecule has 0 unspecified atom stereocenters. The molecular formula is C25H31N7O3. The second-order valence-corrected chi connectivity index (χ2v) is 8.51. The number of piperazine rings is 1. The monoisotopic (exact) mass is 477 g/mol. The number of nitrogens with zero attached hydrogens (tertiary/aromatic N) is 6. The summed E-state index contributed by atoms with van der Waals surface area (Å²) in [6, 6.07) is 12.9. The highest BCUT2D eigenvalue weighted by atomic mass is 16.5. The van der Waals surface area contributed by atoms with Crippen molar-refractivity contribution in [3.63, 3.8) is 0 Å². The van der Waals surface area contributed by atoms with Gasteiger partial charge in [-0.3, -0.25) is 4.79 Å². The third kappa shape index (κ3) is 5.53. The number of hydrogen-bond acceptors (Lipinski definition) is 6. The molecule has 0 aliphatic carbocycles. The van der Waals surface area contributed by atoms with E-state index in [4.69, 9.17) is 4.74 Å². The molecule has 1 aliphatic heterocycles. The van der Waals surface area contributed by atoms with E-state index in [1.807, 2.05) is 32.0 Å². The molecule has 1 fully saturated rings. The molecule has 35 heavy (non-hydrogen) atoms. The van der Waals surface area contributed by atoms with Gasteiger partial charge in [-0.1, -0.05) is 6.07 Å². The summed E-state index contributed by atoms with van der Waals surface area (Å²) in [6.07, 6.45) is 1.68. The molecule has 1 N–H and O–H groups in total. The maximum Gasteiger partial charge on any atom is 0.321 e. The topological polar surface area (TPSA) is 95.8 Å². The molecule has 2 heterocycles. The second kappa shape index (κ2) is 10.5. The first kappa shape index (κ1) is 24.1. The lowest BCUT2D eigenvalue weighted by Gasteiger charge is -2.36. The minimum atomic E-state index is -0.175. The third-order valence-electron chi connectivity index (χ3n) is 5.80. The van der Waals surface area contributed by atoms with Gasteiger partial charge in [-0.25, -0.2) is 14.5 Å². The minimum Gasteiger partial charge on any atom is -0.492 e. The predicted octanol–water partition coefficient (Wildman–Crippen LogP) is 3.03. The molecule has 3 aromatic rings. The zero-order chi connectivity index (χ0) is 24.9. The van der Waals surface area contributed by atoms with E-state index in [9.17, 15) is 9.59 Å². The number of aromatic nitrogens is 3. The van der Waals surface area contributed by atoms with Crippen LogP contribution in [0, 0.1) is 6.92 Å². The SMILES string of the molecule is CCOc1cc(N2CCN(C(=O)Nc3cccc(C(=O)N(C)C)c3)CC2)ccc1-n1cnc(C)n1. The van der Waals surface area contributed by atoms with E-state index >= 15 is 0 Å². The van der Waals surface area contributed by atoms with Crippen LogP contribution in [-0.2, 0) is 0 Å². The number of anilines is 2. The van der Waals surface area contributed by atoms with Crippen molar-refractivity contribution < 1.29 is 14.3 Å². The Labute approximate surface area is 205 Å². The fourth-order valence-electron chi connectivity index (χ4n) is 3.98. The number of carbonyl (C=O) groups is 2. The fraction of sp³-hybridized carbons (Fsp3) is 0.360. The predicted molar refractivity (Wildman–Crippen MR) is 135 cm³/mol. The molecule has 10 heteroatoms. The van der Waals surface area contributed by atoms with E-state index in [-0.39, 0.29) is 11.9 Å². The highest BCUT2D eigenvalue weighted by Gasteiger charge is 2.23. The lowest BCUT2D eigenvalue weighted by molar-refractivity contribution is 0.0827. The second-order valence-electron chi connectivity index (χ2n) is 8.51. The van der Waals surface area contributed by atoms with Crippen molar-refractivity contribution in [1.82, 2.24) is 24.6 Å². The number of urea groups is 1. The fourth-order valence-corrected chi connectivity index (χ4v) is 3.98. The van der Waals surface area contributed by atoms with E-state index in [1.54, 1.807) is 54.3 Å². The molecule has 1 aromatic heterocycles. The molecule has 0 saturated carbocycles. The Balaban J connectivity index is 1.39. The van der Waals surface area contributed by atoms with Crippen LogP contribution in [0.1, 0.15) is 23.1 Å². The number of aryl methyl sites for hydroxylation is 1. The maximum atomic E-state index is 12.8. The van der Waals surface area contributed by atoms with Crippen molar-refractivity contribution in [1.29, 1.82) is 0 Å². The molecule has 1 saturated heterocycles. The van der Waals surface area contributed by atoms with Gasteiger partial charge in [-0.2, -0.15) is 5.10 Å². The summed E-state index contributed by atoms with van der Waals surface area (Å²) in [5.41, 5.74) is 3.01. The molecule has 3 amide bonds. The van der Waals surface area contributed by atoms with Gasteiger partial charge in [0.2, 0.25) is 0 Å². The summed E-state index contributed by atoms with van der Waals surface area (Å²) in [5, 5.41) is 7.31. The zero-order valence-corrected chi connectivity index (χ0v) is 20.6. The average Bonchev–Trinajstić information content (AvgIpc) is 3.30. The minimum absolute atomic E-state index is 0.105. The van der Waals surface area contributed by atoms with E-state index in [1.165, 1.54) is 4.90 Å². The summed E-state index contributed by atoms with van der Waals surface area (Å²) in [4.78, 5) is 34.8. The van der Waals surface area contributed by atoms with Crippen molar-refractivity contribution in [3.05, 3.63) is 60.2 Å². The first-order valence-electron chi connectivity index (χ1n) is 11.6. The van der Waals surface area contributed by atoms with Crippen molar-refractivity contribution in [3.8, 4) is 11.4 Å². The van der Waals surface area contributed by atoms with E-state index in [0.717, 1.165) is 17.1 Å². The van der Waals surface area contributed by atoms with Crippen molar-refractivity contribution in [2.24, 2.45) is 0 Å². The largest absolute Gasteiger partial charge is 0.492 e. The molecule has 0 spiro atoms. The molecule has 184 valence electrons. The van der Waals surface area contributed by atoms with E-state index in [0.29, 0.717) is 49.9 Å². The van der Waals surface area contributed by atoms with Gasteiger partial charge < -0.3 is 24.8 Å². The summed E-state index contributed by atoms with van der Waals surface area (Å²) in [5.74, 6) is 1.33. The van der Waals surface area contributed by atoms with Crippen LogP contribution in [-0.4, -0.2) is 83.4 Å². The molecule has 4 rings (SSSR count). The number of nitrogens with one attached hydrogen (secondary N) is 1. The van der Waals surface area contributed by atoms with Gasteiger partial charge in [0, 0.05) is 63.3 Å². The Kier molecular flexibility index (Phi) is 7.19. The lowest BCUT2D eigenvalue weighted by Crippen LogP contribution is -2.50. The lowest BCUT2D eigenvalue weighted by atomic mass is 10.2. The van der Waals surface area contributed by atoms with Gasteiger partial charge in [0.1, 0.15) is 23.6 Å². The van der Waals surface area contributed by atoms with E-state index in [2.05, 4.69) is 20.3 Å². The Morgan fingerprint density at radius 2 is 1.86 bits per heavy atom. The maximum absolute atomic E-state index is 12.8. The van der Waals surface area contributed by atoms with Gasteiger partial charge in [0.15, 0.2) is 0 Å². The Hall–Kier alpha value is -4.08. The first-order valence-corrected chi connectivity index (χ1v) is 11.6. The van der Waals surface area contributed by atoms with E-state index < -0.39 is 0 Å². The molecule has 10 nitrogen and oxygen atoms in total. The normalized spacial score (nSPS) is 13.5. The standard InChI is InChI=1S/C25H31N7O3/c1-5-35-23-16-21(9-10-22(23)32-17-26-18(2)28-32)30-11-13-31(14-12-30)25(34)27-20-8-6-7-19(15-20)24(33)29(3)4/h6-10,15-17H,5,11-14H2,1-4H3,(H,27,34). The van der Waals surface area contributed by atoms with Crippen LogP contribution in [0.3, 0.4) is 0 Å². The quantitative estimate of drug-likeness (QED) is 0.586. The van der Waals surface area contributed by atoms with Gasteiger partial charge in [0.05, 0.1) is 6.61 Å². The summed E-state index contributed by atoms with van der Waals surface area (Å²) >= 11 is 0. The highest BCUT2D eigenvalue weighted by molar-refractivity contribution is 5.96. The summed E-state index contributed by atoms with van der Waals surface area (Å²) in [7, 11) is 3.40. The van der Waals surface area contributed by atoms with Crippen LogP contribution in [0.4, 0.5) is 16.2 Å². The Bertz CT molecular complexity index is 1200. The van der Waals surface area contributed by atoms with Crippen molar-refractivity contribution in [2.45, 2.75) is 13.8 Å². The molecule has 0 bridgehead atoms.